The van der Waals surface area contributed by atoms with E-state index in [2.05, 4.69) is 26.2 Å². The van der Waals surface area contributed by atoms with Crippen LogP contribution in [0.1, 0.15) is 24.0 Å². The van der Waals surface area contributed by atoms with Crippen LogP contribution >= 0.6 is 11.8 Å². The van der Waals surface area contributed by atoms with Gasteiger partial charge in [0.15, 0.2) is 0 Å². The van der Waals surface area contributed by atoms with E-state index in [0.717, 1.165) is 24.1 Å². The molecule has 24 heavy (non-hydrogen) atoms. The maximum Gasteiger partial charge on any atom is 0.321 e. The molecule has 9 heteroatoms. The number of tetrazole rings is 1. The van der Waals surface area contributed by atoms with Crippen LogP contribution in [0.25, 0.3) is 5.69 Å². The molecule has 0 saturated heterocycles. The summed E-state index contributed by atoms with van der Waals surface area (Å²) in [5.74, 6) is -0.323. The monoisotopic (exact) mass is 346 g/mol. The second-order valence-electron chi connectivity index (χ2n) is 5.73. The Balaban J connectivity index is 1.59. The highest BCUT2D eigenvalue weighted by molar-refractivity contribution is 7.99. The van der Waals surface area contributed by atoms with E-state index in [1.807, 2.05) is 32.0 Å². The Labute approximate surface area is 143 Å². The molecule has 3 rings (SSSR count). The molecule has 1 aromatic carbocycles. The second-order valence-corrected chi connectivity index (χ2v) is 6.67. The number of amides is 3. The molecule has 0 unspecified atom stereocenters. The van der Waals surface area contributed by atoms with E-state index in [1.165, 1.54) is 17.3 Å². The summed E-state index contributed by atoms with van der Waals surface area (Å²) in [6.07, 6.45) is 1.95. The van der Waals surface area contributed by atoms with Crippen LogP contribution in [0.5, 0.6) is 0 Å². The van der Waals surface area contributed by atoms with E-state index in [-0.39, 0.29) is 17.7 Å². The van der Waals surface area contributed by atoms with Crippen molar-refractivity contribution in [1.82, 2.24) is 30.8 Å². The molecular formula is C15H18N6O2S. The van der Waals surface area contributed by atoms with Gasteiger partial charge in [-0.05, 0) is 60.4 Å². The maximum atomic E-state index is 11.8. The molecule has 0 aliphatic heterocycles. The Hall–Kier alpha value is -2.42. The molecule has 1 aromatic heterocycles. The van der Waals surface area contributed by atoms with Crippen molar-refractivity contribution in [2.45, 2.75) is 37.9 Å². The highest BCUT2D eigenvalue weighted by Crippen LogP contribution is 2.20. The highest BCUT2D eigenvalue weighted by atomic mass is 32.2. The third-order valence-electron chi connectivity index (χ3n) is 3.67. The number of thioether (sulfide) groups is 1. The van der Waals surface area contributed by atoms with Crippen molar-refractivity contribution in [2.24, 2.45) is 0 Å². The molecule has 1 aliphatic rings. The summed E-state index contributed by atoms with van der Waals surface area (Å²) in [7, 11) is 0. The summed E-state index contributed by atoms with van der Waals surface area (Å²) in [5, 5.41) is 17.1. The topological polar surface area (TPSA) is 102 Å². The van der Waals surface area contributed by atoms with Gasteiger partial charge in [-0.1, -0.05) is 17.8 Å². The van der Waals surface area contributed by atoms with Gasteiger partial charge in [-0.2, -0.15) is 4.68 Å². The van der Waals surface area contributed by atoms with Crippen molar-refractivity contribution in [3.05, 3.63) is 29.3 Å². The minimum atomic E-state index is -0.447. The van der Waals surface area contributed by atoms with Gasteiger partial charge in [-0.15, -0.1) is 5.10 Å². The van der Waals surface area contributed by atoms with Crippen molar-refractivity contribution >= 4 is 23.7 Å². The normalized spacial score (nSPS) is 13.6. The third-order valence-corrected chi connectivity index (χ3v) is 4.59. The van der Waals surface area contributed by atoms with Crippen molar-refractivity contribution in [2.75, 3.05) is 5.75 Å². The molecule has 2 aromatic rings. The number of hydrogen-bond donors (Lipinski definition) is 2. The Bertz CT molecular complexity index is 771. The van der Waals surface area contributed by atoms with Crippen LogP contribution < -0.4 is 10.6 Å². The number of aromatic nitrogens is 4. The van der Waals surface area contributed by atoms with Gasteiger partial charge in [0.25, 0.3) is 0 Å². The summed E-state index contributed by atoms with van der Waals surface area (Å²) in [6, 6.07) is 5.67. The minimum absolute atomic E-state index is 0.0588. The Kier molecular flexibility index (Phi) is 4.79. The van der Waals surface area contributed by atoms with Gasteiger partial charge in [0.1, 0.15) is 0 Å². The van der Waals surface area contributed by atoms with Gasteiger partial charge in [0.2, 0.25) is 11.1 Å². The first-order valence-electron chi connectivity index (χ1n) is 7.62. The number of carbonyl (C=O) groups excluding carboxylic acids is 2. The number of rotatable bonds is 5. The molecule has 0 bridgehead atoms. The van der Waals surface area contributed by atoms with Crippen molar-refractivity contribution < 1.29 is 9.59 Å². The lowest BCUT2D eigenvalue weighted by molar-refractivity contribution is -0.117. The van der Waals surface area contributed by atoms with Gasteiger partial charge in [0.05, 0.1) is 11.4 Å². The van der Waals surface area contributed by atoms with E-state index >= 15 is 0 Å². The third kappa shape index (κ3) is 4.10. The molecule has 8 nitrogen and oxygen atoms in total. The van der Waals surface area contributed by atoms with Crippen LogP contribution in [0, 0.1) is 13.8 Å². The second kappa shape index (κ2) is 7.00. The molecular weight excluding hydrogens is 328 g/mol. The first kappa shape index (κ1) is 16.4. The quantitative estimate of drug-likeness (QED) is 0.793. The predicted molar refractivity (Wildman–Crippen MR) is 89.0 cm³/mol. The molecule has 0 radical (unpaired) electrons. The SMILES string of the molecule is Cc1ccc(-n2nnnc2SCC(=O)NC(=O)NC2CC2)cc1C. The Morgan fingerprint density at radius 3 is 2.79 bits per heavy atom. The summed E-state index contributed by atoms with van der Waals surface area (Å²) in [5.41, 5.74) is 3.15. The average molecular weight is 346 g/mol. The van der Waals surface area contributed by atoms with Crippen molar-refractivity contribution in [3.63, 3.8) is 0 Å². The van der Waals surface area contributed by atoms with E-state index < -0.39 is 6.03 Å². The lowest BCUT2D eigenvalue weighted by atomic mass is 10.1. The van der Waals surface area contributed by atoms with Gasteiger partial charge in [-0.3, -0.25) is 10.1 Å². The first-order chi connectivity index (χ1) is 11.5. The van der Waals surface area contributed by atoms with Crippen molar-refractivity contribution in [1.29, 1.82) is 0 Å². The molecule has 1 heterocycles. The largest absolute Gasteiger partial charge is 0.335 e. The van der Waals surface area contributed by atoms with Gasteiger partial charge >= 0.3 is 6.03 Å². The summed E-state index contributed by atoms with van der Waals surface area (Å²) in [4.78, 5) is 23.4. The standard InChI is InChI=1S/C15H18N6O2S/c1-9-3-6-12(7-10(9)2)21-15(18-19-20-21)24-8-13(22)17-14(23)16-11-4-5-11/h3,6-7,11H,4-5,8H2,1-2H3,(H2,16,17,22,23). The van der Waals surface area contributed by atoms with Gasteiger partial charge in [-0.25, -0.2) is 4.79 Å². The van der Waals surface area contributed by atoms with Crippen LogP contribution in [0.15, 0.2) is 23.4 Å². The summed E-state index contributed by atoms with van der Waals surface area (Å²) >= 11 is 1.18. The smallest absolute Gasteiger partial charge is 0.321 e. The number of carbonyl (C=O) groups is 2. The van der Waals surface area contributed by atoms with Crippen LogP contribution in [0.2, 0.25) is 0 Å². The number of nitrogens with zero attached hydrogens (tertiary/aromatic N) is 4. The van der Waals surface area contributed by atoms with Crippen LogP contribution in [0.3, 0.4) is 0 Å². The van der Waals surface area contributed by atoms with Crippen LogP contribution in [-0.4, -0.2) is 43.9 Å². The van der Waals surface area contributed by atoms with Crippen molar-refractivity contribution in [3.8, 4) is 5.69 Å². The van der Waals surface area contributed by atoms with Gasteiger partial charge < -0.3 is 5.32 Å². The molecule has 2 N–H and O–H groups in total. The lowest BCUT2D eigenvalue weighted by Gasteiger charge is -2.07. The van der Waals surface area contributed by atoms with E-state index in [1.54, 1.807) is 4.68 Å². The summed E-state index contributed by atoms with van der Waals surface area (Å²) < 4.78 is 1.58. The fourth-order valence-electron chi connectivity index (χ4n) is 2.03. The van der Waals surface area contributed by atoms with Gasteiger partial charge in [0, 0.05) is 6.04 Å². The molecule has 126 valence electrons. The number of nitrogens with one attached hydrogen (secondary N) is 2. The van der Waals surface area contributed by atoms with Crippen LogP contribution in [0.4, 0.5) is 4.79 Å². The fraction of sp³-hybridized carbons (Fsp3) is 0.400. The molecule has 1 saturated carbocycles. The number of imide groups is 1. The Morgan fingerprint density at radius 2 is 2.08 bits per heavy atom. The first-order valence-corrected chi connectivity index (χ1v) is 8.60. The fourth-order valence-corrected chi connectivity index (χ4v) is 2.72. The van der Waals surface area contributed by atoms with Crippen LogP contribution in [-0.2, 0) is 4.79 Å². The number of benzene rings is 1. The lowest BCUT2D eigenvalue weighted by Crippen LogP contribution is -2.41. The molecule has 0 atom stereocenters. The molecule has 3 amide bonds. The number of aryl methyl sites for hydroxylation is 2. The average Bonchev–Trinajstić information content (AvgIpc) is 3.22. The molecule has 1 fully saturated rings. The van der Waals surface area contributed by atoms with E-state index in [4.69, 9.17) is 0 Å². The zero-order chi connectivity index (χ0) is 17.1. The molecule has 1 aliphatic carbocycles. The minimum Gasteiger partial charge on any atom is -0.335 e. The van der Waals surface area contributed by atoms with E-state index in [0.29, 0.717) is 5.16 Å². The number of urea groups is 1. The molecule has 0 spiro atoms. The predicted octanol–water partition coefficient (Wildman–Crippen LogP) is 1.36. The zero-order valence-corrected chi connectivity index (χ0v) is 14.3. The van der Waals surface area contributed by atoms with E-state index in [9.17, 15) is 9.59 Å². The number of hydrogen-bond acceptors (Lipinski definition) is 6. The zero-order valence-electron chi connectivity index (χ0n) is 13.4. The maximum absolute atomic E-state index is 11.8. The highest BCUT2D eigenvalue weighted by Gasteiger charge is 2.24. The summed E-state index contributed by atoms with van der Waals surface area (Å²) in [6.45, 7) is 4.05. The Morgan fingerprint density at radius 1 is 1.29 bits per heavy atom.